The molecule has 2 aromatic rings. The molecule has 0 saturated carbocycles. The fourth-order valence-corrected chi connectivity index (χ4v) is 3.34. The number of nitrogens with one attached hydrogen (secondary N) is 3. The molecule has 8 heteroatoms. The standard InChI is InChI=1S/C12H15N3O3S2/c1-13-6-9-3-2-4-11(5-9)20(17,18)14-7-10-8-19-12(16)15-10/h2-5,8,13-14H,6-7H2,1H3,(H,15,16). The molecule has 0 unspecified atom stereocenters. The van der Waals surface area contributed by atoms with E-state index in [2.05, 4.69) is 15.0 Å². The Balaban J connectivity index is 2.13. The van der Waals surface area contributed by atoms with Crippen molar-refractivity contribution < 1.29 is 8.42 Å². The predicted octanol–water partition coefficient (Wildman–Crippen LogP) is 0.634. The van der Waals surface area contributed by atoms with Crippen LogP contribution in [0.5, 0.6) is 0 Å². The molecule has 0 amide bonds. The Morgan fingerprint density at radius 2 is 2.10 bits per heavy atom. The molecule has 0 fully saturated rings. The first-order valence-electron chi connectivity index (χ1n) is 5.91. The summed E-state index contributed by atoms with van der Waals surface area (Å²) in [5, 5.41) is 4.57. The SMILES string of the molecule is CNCc1cccc(S(=O)(=O)NCc2csc(=O)[nH]2)c1. The molecule has 20 heavy (non-hydrogen) atoms. The van der Waals surface area contributed by atoms with E-state index in [9.17, 15) is 13.2 Å². The van der Waals surface area contributed by atoms with Gasteiger partial charge in [-0.1, -0.05) is 23.5 Å². The zero-order valence-corrected chi connectivity index (χ0v) is 12.5. The lowest BCUT2D eigenvalue weighted by molar-refractivity contribution is 0.580. The second kappa shape index (κ2) is 6.31. The first kappa shape index (κ1) is 14.9. The lowest BCUT2D eigenvalue weighted by atomic mass is 10.2. The van der Waals surface area contributed by atoms with E-state index in [-0.39, 0.29) is 16.3 Å². The number of hydrogen-bond acceptors (Lipinski definition) is 5. The zero-order valence-electron chi connectivity index (χ0n) is 10.8. The van der Waals surface area contributed by atoms with E-state index in [0.29, 0.717) is 12.2 Å². The quantitative estimate of drug-likeness (QED) is 0.730. The summed E-state index contributed by atoms with van der Waals surface area (Å²) in [6.45, 7) is 0.665. The normalized spacial score (nSPS) is 11.7. The van der Waals surface area contributed by atoms with Gasteiger partial charge >= 0.3 is 4.87 Å². The number of thiazole rings is 1. The van der Waals surface area contributed by atoms with Gasteiger partial charge in [-0.15, -0.1) is 0 Å². The lowest BCUT2D eigenvalue weighted by Crippen LogP contribution is -2.24. The molecular formula is C12H15N3O3S2. The van der Waals surface area contributed by atoms with E-state index < -0.39 is 10.0 Å². The van der Waals surface area contributed by atoms with Crippen LogP contribution >= 0.6 is 11.3 Å². The van der Waals surface area contributed by atoms with Crippen LogP contribution in [0, 0.1) is 0 Å². The van der Waals surface area contributed by atoms with Gasteiger partial charge in [0.2, 0.25) is 10.0 Å². The average molecular weight is 313 g/mol. The van der Waals surface area contributed by atoms with Crippen LogP contribution in [0.1, 0.15) is 11.3 Å². The third kappa shape index (κ3) is 3.76. The van der Waals surface area contributed by atoms with Crippen molar-refractivity contribution in [3.63, 3.8) is 0 Å². The highest BCUT2D eigenvalue weighted by molar-refractivity contribution is 7.89. The van der Waals surface area contributed by atoms with Crippen molar-refractivity contribution in [1.82, 2.24) is 15.0 Å². The summed E-state index contributed by atoms with van der Waals surface area (Å²) in [6.07, 6.45) is 0. The molecule has 108 valence electrons. The predicted molar refractivity (Wildman–Crippen MR) is 78.2 cm³/mol. The highest BCUT2D eigenvalue weighted by Gasteiger charge is 2.14. The zero-order chi connectivity index (χ0) is 14.6. The highest BCUT2D eigenvalue weighted by atomic mass is 32.2. The summed E-state index contributed by atoms with van der Waals surface area (Å²) < 4.78 is 26.8. The molecule has 0 aliphatic rings. The van der Waals surface area contributed by atoms with Crippen LogP contribution in [0.4, 0.5) is 0 Å². The first-order valence-corrected chi connectivity index (χ1v) is 8.27. The van der Waals surface area contributed by atoms with Gasteiger partial charge in [-0.25, -0.2) is 13.1 Å². The number of aromatic amines is 1. The second-order valence-electron chi connectivity index (χ2n) is 4.18. The van der Waals surface area contributed by atoms with Crippen molar-refractivity contribution in [3.8, 4) is 0 Å². The van der Waals surface area contributed by atoms with Crippen molar-refractivity contribution in [3.05, 3.63) is 50.6 Å². The van der Waals surface area contributed by atoms with E-state index in [4.69, 9.17) is 0 Å². The second-order valence-corrected chi connectivity index (χ2v) is 6.78. The number of H-pyrrole nitrogens is 1. The van der Waals surface area contributed by atoms with Crippen LogP contribution < -0.4 is 14.9 Å². The smallest absolute Gasteiger partial charge is 0.304 e. The molecule has 0 bridgehead atoms. The summed E-state index contributed by atoms with van der Waals surface area (Å²) in [7, 11) is -1.79. The Kier molecular flexibility index (Phi) is 4.71. The molecule has 1 heterocycles. The fraction of sp³-hybridized carbons (Fsp3) is 0.250. The summed E-state index contributed by atoms with van der Waals surface area (Å²) in [5.74, 6) is 0. The van der Waals surface area contributed by atoms with Crippen molar-refractivity contribution in [2.45, 2.75) is 18.0 Å². The maximum atomic E-state index is 12.1. The Labute approximate surface area is 120 Å². The van der Waals surface area contributed by atoms with Gasteiger partial charge in [0.1, 0.15) is 0 Å². The number of aromatic nitrogens is 1. The molecule has 6 nitrogen and oxygen atoms in total. The van der Waals surface area contributed by atoms with E-state index in [1.807, 2.05) is 6.07 Å². The maximum absolute atomic E-state index is 12.1. The lowest BCUT2D eigenvalue weighted by Gasteiger charge is -2.07. The van der Waals surface area contributed by atoms with Gasteiger partial charge in [-0.3, -0.25) is 4.79 Å². The van der Waals surface area contributed by atoms with E-state index >= 15 is 0 Å². The number of rotatable bonds is 6. The Morgan fingerprint density at radius 1 is 1.30 bits per heavy atom. The monoisotopic (exact) mass is 313 g/mol. The largest absolute Gasteiger partial charge is 0.316 e. The summed E-state index contributed by atoms with van der Waals surface area (Å²) in [5.41, 5.74) is 1.44. The molecule has 0 aliphatic carbocycles. The van der Waals surface area contributed by atoms with Crippen LogP contribution in [-0.2, 0) is 23.1 Å². The Hall–Kier alpha value is -1.48. The molecule has 0 saturated heterocycles. The third-order valence-electron chi connectivity index (χ3n) is 2.61. The molecule has 0 atom stereocenters. The molecule has 0 spiro atoms. The van der Waals surface area contributed by atoms with Gasteiger partial charge in [0.15, 0.2) is 0 Å². The summed E-state index contributed by atoms with van der Waals surface area (Å²) in [6, 6.07) is 6.71. The van der Waals surface area contributed by atoms with Crippen molar-refractivity contribution >= 4 is 21.4 Å². The third-order valence-corrected chi connectivity index (χ3v) is 4.73. The average Bonchev–Trinajstić information content (AvgIpc) is 2.83. The van der Waals surface area contributed by atoms with Gasteiger partial charge in [-0.05, 0) is 24.7 Å². The van der Waals surface area contributed by atoms with E-state index in [0.717, 1.165) is 16.9 Å². The molecule has 0 radical (unpaired) electrons. The van der Waals surface area contributed by atoms with Crippen molar-refractivity contribution in [1.29, 1.82) is 0 Å². The maximum Gasteiger partial charge on any atom is 0.304 e. The minimum Gasteiger partial charge on any atom is -0.316 e. The Morgan fingerprint density at radius 3 is 2.75 bits per heavy atom. The minimum absolute atomic E-state index is 0.0668. The summed E-state index contributed by atoms with van der Waals surface area (Å²) in [4.78, 5) is 13.5. The number of hydrogen-bond donors (Lipinski definition) is 3. The van der Waals surface area contributed by atoms with Gasteiger partial charge in [0.05, 0.1) is 11.4 Å². The molecule has 3 N–H and O–H groups in total. The molecule has 1 aromatic carbocycles. The number of benzene rings is 1. The topological polar surface area (TPSA) is 91.1 Å². The highest BCUT2D eigenvalue weighted by Crippen LogP contribution is 2.12. The van der Waals surface area contributed by atoms with Gasteiger partial charge in [0.25, 0.3) is 0 Å². The van der Waals surface area contributed by atoms with Crippen molar-refractivity contribution in [2.75, 3.05) is 7.05 Å². The molecular weight excluding hydrogens is 298 g/mol. The van der Waals surface area contributed by atoms with E-state index in [1.165, 1.54) is 6.07 Å². The number of sulfonamides is 1. The van der Waals surface area contributed by atoms with Crippen LogP contribution in [0.3, 0.4) is 0 Å². The first-order chi connectivity index (χ1) is 9.51. The van der Waals surface area contributed by atoms with Crippen LogP contribution in [-0.4, -0.2) is 20.4 Å². The van der Waals surface area contributed by atoms with Crippen LogP contribution in [0.2, 0.25) is 0 Å². The van der Waals surface area contributed by atoms with Crippen LogP contribution in [0.25, 0.3) is 0 Å². The molecule has 0 aliphatic heterocycles. The van der Waals surface area contributed by atoms with Gasteiger partial charge in [-0.2, -0.15) is 0 Å². The van der Waals surface area contributed by atoms with Gasteiger partial charge < -0.3 is 10.3 Å². The van der Waals surface area contributed by atoms with E-state index in [1.54, 1.807) is 24.6 Å². The molecule has 2 rings (SSSR count). The molecule has 1 aromatic heterocycles. The van der Waals surface area contributed by atoms with Gasteiger partial charge in [0, 0.05) is 17.6 Å². The van der Waals surface area contributed by atoms with Crippen molar-refractivity contribution in [2.24, 2.45) is 0 Å². The fourth-order valence-electron chi connectivity index (χ4n) is 1.68. The Bertz CT molecular complexity index is 734. The van der Waals surface area contributed by atoms with Crippen LogP contribution in [0.15, 0.2) is 39.3 Å². The minimum atomic E-state index is -3.59. The summed E-state index contributed by atoms with van der Waals surface area (Å²) >= 11 is 1.01.